The highest BCUT2D eigenvalue weighted by atomic mass is 16.5. The molecule has 184 valence electrons. The maximum Gasteiger partial charge on any atom is 0.326 e. The van der Waals surface area contributed by atoms with E-state index in [-0.39, 0.29) is 12.0 Å². The molecule has 34 heavy (non-hydrogen) atoms. The minimum atomic E-state index is -1.16. The Kier molecular flexibility index (Phi) is 10.6. The van der Waals surface area contributed by atoms with Crippen LogP contribution in [0.15, 0.2) is 52.6 Å². The highest BCUT2D eigenvalue weighted by Gasteiger charge is 2.24. The predicted octanol–water partition coefficient (Wildman–Crippen LogP) is 5.05. The van der Waals surface area contributed by atoms with Gasteiger partial charge in [0.05, 0.1) is 18.6 Å². The summed E-state index contributed by atoms with van der Waals surface area (Å²) in [5, 5.41) is 12.1. The van der Waals surface area contributed by atoms with E-state index in [0.717, 1.165) is 61.0 Å². The Hall–Kier alpha value is -3.35. The summed E-state index contributed by atoms with van der Waals surface area (Å²) >= 11 is 0. The van der Waals surface area contributed by atoms with Gasteiger partial charge in [0.25, 0.3) is 11.5 Å². The molecule has 0 saturated heterocycles. The van der Waals surface area contributed by atoms with E-state index in [9.17, 15) is 19.5 Å². The largest absolute Gasteiger partial charge is 0.501 e. The molecule has 1 amide bonds. The van der Waals surface area contributed by atoms with Crippen LogP contribution in [0.5, 0.6) is 0 Å². The first-order valence-electron chi connectivity index (χ1n) is 11.8. The van der Waals surface area contributed by atoms with Crippen molar-refractivity contribution < 1.29 is 19.4 Å². The summed E-state index contributed by atoms with van der Waals surface area (Å²) < 4.78 is 5.45. The smallest absolute Gasteiger partial charge is 0.326 e. The number of carboxylic acids is 1. The molecule has 0 aromatic carbocycles. The Labute approximate surface area is 201 Å². The predicted molar refractivity (Wildman–Crippen MR) is 135 cm³/mol. The van der Waals surface area contributed by atoms with Gasteiger partial charge in [0.15, 0.2) is 0 Å². The van der Waals surface area contributed by atoms with E-state index < -0.39 is 23.5 Å². The van der Waals surface area contributed by atoms with Gasteiger partial charge in [0, 0.05) is 12.0 Å². The molecular weight excluding hydrogens is 432 g/mol. The van der Waals surface area contributed by atoms with Crippen molar-refractivity contribution in [3.8, 4) is 0 Å². The van der Waals surface area contributed by atoms with Gasteiger partial charge < -0.3 is 20.1 Å². The number of methoxy groups -OCH3 is 1. The van der Waals surface area contributed by atoms with Crippen molar-refractivity contribution in [2.75, 3.05) is 7.11 Å². The number of carbonyl (C=O) groups is 2. The molecule has 0 radical (unpaired) electrons. The second-order valence-electron chi connectivity index (χ2n) is 8.50. The number of hydrogen-bond donors (Lipinski definition) is 3. The lowest BCUT2D eigenvalue weighted by atomic mass is 9.98. The van der Waals surface area contributed by atoms with E-state index in [1.165, 1.54) is 6.07 Å². The number of allylic oxidation sites excluding steroid dienone is 7. The molecule has 1 aromatic heterocycles. The number of amides is 1. The number of hydrogen-bond acceptors (Lipinski definition) is 4. The van der Waals surface area contributed by atoms with Gasteiger partial charge in [-0.15, -0.1) is 0 Å². The molecule has 1 aliphatic rings. The van der Waals surface area contributed by atoms with E-state index in [1.807, 2.05) is 44.2 Å². The zero-order chi connectivity index (χ0) is 25.1. The van der Waals surface area contributed by atoms with Crippen LogP contribution in [0, 0.1) is 6.92 Å². The Morgan fingerprint density at radius 1 is 1.24 bits per heavy atom. The van der Waals surface area contributed by atoms with Crippen LogP contribution in [0.1, 0.15) is 80.4 Å². The molecule has 3 N–H and O–H groups in total. The molecule has 0 aliphatic heterocycles. The lowest BCUT2D eigenvalue weighted by molar-refractivity contribution is -0.139. The highest BCUT2D eigenvalue weighted by Crippen LogP contribution is 2.26. The average molecular weight is 469 g/mol. The number of carbonyl (C=O) groups excluding carboxylic acids is 1. The first-order valence-corrected chi connectivity index (χ1v) is 11.8. The molecule has 7 nitrogen and oxygen atoms in total. The number of ether oxygens (including phenoxy) is 1. The third-order valence-electron chi connectivity index (χ3n) is 5.89. The van der Waals surface area contributed by atoms with Gasteiger partial charge in [0.1, 0.15) is 11.6 Å². The van der Waals surface area contributed by atoms with Gasteiger partial charge in [-0.25, -0.2) is 4.79 Å². The standard InChI is InChI=1S/C27H36N2O5/c1-5-6-7-12-15-21(19(3)34-4)24-18(2)16-22(26(31)29-24)25(30)28-23(27(32)33)17-20-13-10-8-9-11-14-20/h8,10-11,13-14,16,23H,5-7,9,12,15,17H2,1-4H3,(H,28,30)(H,29,31)(H,32,33)/b21-19+. The van der Waals surface area contributed by atoms with E-state index in [2.05, 4.69) is 17.2 Å². The maximum absolute atomic E-state index is 12.9. The van der Waals surface area contributed by atoms with Crippen molar-refractivity contribution in [2.45, 2.75) is 71.8 Å². The summed E-state index contributed by atoms with van der Waals surface area (Å²) in [5.41, 5.74) is 2.39. The number of aromatic amines is 1. The lowest BCUT2D eigenvalue weighted by Crippen LogP contribution is -2.42. The van der Waals surface area contributed by atoms with E-state index in [4.69, 9.17) is 4.74 Å². The average Bonchev–Trinajstić information content (AvgIpc) is 3.08. The molecule has 1 heterocycles. The highest BCUT2D eigenvalue weighted by molar-refractivity contribution is 5.96. The fourth-order valence-electron chi connectivity index (χ4n) is 3.88. The lowest BCUT2D eigenvalue weighted by Gasteiger charge is -2.17. The van der Waals surface area contributed by atoms with Crippen molar-refractivity contribution in [3.63, 3.8) is 0 Å². The molecule has 1 unspecified atom stereocenters. The summed E-state index contributed by atoms with van der Waals surface area (Å²) in [5.74, 6) is -1.15. The number of rotatable bonds is 12. The number of pyridine rings is 1. The van der Waals surface area contributed by atoms with Crippen molar-refractivity contribution in [1.29, 1.82) is 0 Å². The maximum atomic E-state index is 12.9. The molecule has 1 aliphatic carbocycles. The zero-order valence-electron chi connectivity index (χ0n) is 20.6. The van der Waals surface area contributed by atoms with Crippen LogP contribution in [0.3, 0.4) is 0 Å². The van der Waals surface area contributed by atoms with E-state index in [1.54, 1.807) is 7.11 Å². The van der Waals surface area contributed by atoms with Crippen LogP contribution in [0.4, 0.5) is 0 Å². The molecule has 0 spiro atoms. The monoisotopic (exact) mass is 468 g/mol. The number of carboxylic acid groups (broad SMARTS) is 1. The fraction of sp³-hybridized carbons (Fsp3) is 0.444. The van der Waals surface area contributed by atoms with Gasteiger partial charge >= 0.3 is 5.97 Å². The fourth-order valence-corrected chi connectivity index (χ4v) is 3.88. The molecule has 1 aromatic rings. The number of nitrogens with one attached hydrogen (secondary N) is 2. The van der Waals surface area contributed by atoms with Crippen LogP contribution in [0.25, 0.3) is 5.57 Å². The first-order chi connectivity index (χ1) is 16.3. The second kappa shape index (κ2) is 13.4. The molecule has 2 rings (SSSR count). The molecule has 0 bridgehead atoms. The summed E-state index contributed by atoms with van der Waals surface area (Å²) in [7, 11) is 1.59. The third kappa shape index (κ3) is 7.61. The number of aryl methyl sites for hydroxylation is 1. The molecule has 0 fully saturated rings. The quantitative estimate of drug-likeness (QED) is 0.294. The number of unbranched alkanes of at least 4 members (excludes halogenated alkanes) is 3. The SMILES string of the molecule is CCCCCC/C(=C(/C)OC)c1[nH]c(=O)c(C(=O)NC(CC2=CC=CCC=C2)C(=O)O)cc1C. The molecular formula is C27H36N2O5. The van der Waals surface area contributed by atoms with Gasteiger partial charge in [-0.3, -0.25) is 9.59 Å². The molecule has 1 atom stereocenters. The van der Waals surface area contributed by atoms with Crippen LogP contribution >= 0.6 is 0 Å². The van der Waals surface area contributed by atoms with Crippen LogP contribution < -0.4 is 10.9 Å². The summed E-state index contributed by atoms with van der Waals surface area (Å²) in [6.07, 6.45) is 15.4. The number of aliphatic carboxylic acids is 1. The van der Waals surface area contributed by atoms with Gasteiger partial charge in [-0.1, -0.05) is 56.6 Å². The van der Waals surface area contributed by atoms with Crippen molar-refractivity contribution in [1.82, 2.24) is 10.3 Å². The Morgan fingerprint density at radius 2 is 2.00 bits per heavy atom. The summed E-state index contributed by atoms with van der Waals surface area (Å²) in [6, 6.07) is 0.365. The minimum absolute atomic E-state index is 0.113. The second-order valence-corrected chi connectivity index (χ2v) is 8.50. The Morgan fingerprint density at radius 3 is 2.68 bits per heavy atom. The van der Waals surface area contributed by atoms with Crippen LogP contribution in [0.2, 0.25) is 0 Å². The van der Waals surface area contributed by atoms with Crippen molar-refractivity contribution in [3.05, 3.63) is 75.0 Å². The third-order valence-corrected chi connectivity index (χ3v) is 5.89. The Balaban J connectivity index is 2.26. The number of H-pyrrole nitrogens is 1. The minimum Gasteiger partial charge on any atom is -0.501 e. The normalized spacial score (nSPS) is 14.6. The van der Waals surface area contributed by atoms with Gasteiger partial charge in [0.2, 0.25) is 0 Å². The van der Waals surface area contributed by atoms with E-state index >= 15 is 0 Å². The molecule has 7 heteroatoms. The van der Waals surface area contributed by atoms with Crippen LogP contribution in [-0.4, -0.2) is 35.1 Å². The van der Waals surface area contributed by atoms with Gasteiger partial charge in [-0.05, 0) is 50.3 Å². The zero-order valence-corrected chi connectivity index (χ0v) is 20.6. The number of aromatic nitrogens is 1. The first kappa shape index (κ1) is 26.9. The van der Waals surface area contributed by atoms with Crippen molar-refractivity contribution >= 4 is 17.4 Å². The molecule has 0 saturated carbocycles. The summed E-state index contributed by atoms with van der Waals surface area (Å²) in [6.45, 7) is 5.83. The Bertz CT molecular complexity index is 1060. The van der Waals surface area contributed by atoms with E-state index in [0.29, 0.717) is 5.69 Å². The van der Waals surface area contributed by atoms with Gasteiger partial charge in [-0.2, -0.15) is 0 Å². The van der Waals surface area contributed by atoms with Crippen LogP contribution in [-0.2, 0) is 9.53 Å². The topological polar surface area (TPSA) is 108 Å². The summed E-state index contributed by atoms with van der Waals surface area (Å²) in [4.78, 5) is 40.4. The van der Waals surface area contributed by atoms with Crippen molar-refractivity contribution in [2.24, 2.45) is 0 Å².